The van der Waals surface area contributed by atoms with E-state index >= 15 is 0 Å². The van der Waals surface area contributed by atoms with Gasteiger partial charge in [0.15, 0.2) is 0 Å². The lowest BCUT2D eigenvalue weighted by atomic mass is 10.1. The summed E-state index contributed by atoms with van der Waals surface area (Å²) in [5, 5.41) is 3.27. The molecule has 1 atom stereocenters. The Labute approximate surface area is 124 Å². The SMILES string of the molecule is CCOC(=O)CCc1ccc(OCC2CCNC2)cc1F. The van der Waals surface area contributed by atoms with Gasteiger partial charge in [-0.3, -0.25) is 4.79 Å². The molecule has 0 spiro atoms. The van der Waals surface area contributed by atoms with Crippen LogP contribution in [-0.2, 0) is 16.0 Å². The van der Waals surface area contributed by atoms with Crippen molar-refractivity contribution in [2.75, 3.05) is 26.3 Å². The molecule has 1 aromatic rings. The highest BCUT2D eigenvalue weighted by atomic mass is 19.1. The van der Waals surface area contributed by atoms with E-state index in [0.29, 0.717) is 36.9 Å². The van der Waals surface area contributed by atoms with Crippen molar-refractivity contribution in [1.82, 2.24) is 5.32 Å². The predicted molar refractivity (Wildman–Crippen MR) is 77.8 cm³/mol. The molecule has 1 N–H and O–H groups in total. The molecule has 1 fully saturated rings. The summed E-state index contributed by atoms with van der Waals surface area (Å²) in [6, 6.07) is 4.83. The minimum absolute atomic E-state index is 0.193. The van der Waals surface area contributed by atoms with E-state index in [1.165, 1.54) is 6.07 Å². The van der Waals surface area contributed by atoms with Crippen molar-refractivity contribution in [2.24, 2.45) is 5.92 Å². The maximum atomic E-state index is 13.9. The zero-order valence-electron chi connectivity index (χ0n) is 12.4. The number of halogens is 1. The fourth-order valence-electron chi connectivity index (χ4n) is 2.36. The van der Waals surface area contributed by atoms with Crippen LogP contribution in [0.3, 0.4) is 0 Å². The van der Waals surface area contributed by atoms with Crippen molar-refractivity contribution in [2.45, 2.75) is 26.2 Å². The molecule has 0 radical (unpaired) electrons. The van der Waals surface area contributed by atoms with Crippen LogP contribution in [0.5, 0.6) is 5.75 Å². The van der Waals surface area contributed by atoms with Crippen LogP contribution in [0.2, 0.25) is 0 Å². The molecule has 2 rings (SSSR count). The van der Waals surface area contributed by atoms with E-state index < -0.39 is 0 Å². The molecule has 21 heavy (non-hydrogen) atoms. The van der Waals surface area contributed by atoms with E-state index in [-0.39, 0.29) is 18.2 Å². The second-order valence-electron chi connectivity index (χ2n) is 5.23. The number of carbonyl (C=O) groups is 1. The van der Waals surface area contributed by atoms with Crippen molar-refractivity contribution in [3.05, 3.63) is 29.6 Å². The Balaban J connectivity index is 1.83. The molecular weight excluding hydrogens is 273 g/mol. The topological polar surface area (TPSA) is 47.6 Å². The molecule has 0 saturated carbocycles. The molecular formula is C16H22FNO3. The van der Waals surface area contributed by atoms with Crippen LogP contribution in [0.25, 0.3) is 0 Å². The third kappa shape index (κ3) is 5.01. The van der Waals surface area contributed by atoms with Gasteiger partial charge >= 0.3 is 5.97 Å². The normalized spacial score (nSPS) is 17.7. The quantitative estimate of drug-likeness (QED) is 0.784. The van der Waals surface area contributed by atoms with Crippen molar-refractivity contribution < 1.29 is 18.7 Å². The van der Waals surface area contributed by atoms with E-state index in [4.69, 9.17) is 9.47 Å². The molecule has 4 nitrogen and oxygen atoms in total. The number of ether oxygens (including phenoxy) is 2. The van der Waals surface area contributed by atoms with Gasteiger partial charge < -0.3 is 14.8 Å². The highest BCUT2D eigenvalue weighted by Gasteiger charge is 2.15. The van der Waals surface area contributed by atoms with E-state index in [2.05, 4.69) is 5.32 Å². The van der Waals surface area contributed by atoms with Crippen molar-refractivity contribution in [3.8, 4) is 5.75 Å². The van der Waals surface area contributed by atoms with E-state index in [0.717, 1.165) is 19.5 Å². The minimum Gasteiger partial charge on any atom is -0.493 e. The molecule has 5 heteroatoms. The molecule has 1 heterocycles. The molecule has 116 valence electrons. The lowest BCUT2D eigenvalue weighted by Crippen LogP contribution is -2.15. The monoisotopic (exact) mass is 295 g/mol. The Hall–Kier alpha value is -1.62. The van der Waals surface area contributed by atoms with Gasteiger partial charge in [0.05, 0.1) is 13.2 Å². The van der Waals surface area contributed by atoms with Crippen molar-refractivity contribution in [1.29, 1.82) is 0 Å². The third-order valence-electron chi connectivity index (χ3n) is 3.58. The molecule has 1 aromatic carbocycles. The third-order valence-corrected chi connectivity index (χ3v) is 3.58. The summed E-state index contributed by atoms with van der Waals surface area (Å²) in [4.78, 5) is 11.3. The van der Waals surface area contributed by atoms with Gasteiger partial charge in [-0.25, -0.2) is 4.39 Å². The summed E-state index contributed by atoms with van der Waals surface area (Å²) < 4.78 is 24.4. The fourth-order valence-corrected chi connectivity index (χ4v) is 2.36. The number of esters is 1. The van der Waals surface area contributed by atoms with Crippen LogP contribution in [0.1, 0.15) is 25.3 Å². The van der Waals surface area contributed by atoms with Gasteiger partial charge in [-0.1, -0.05) is 6.07 Å². The molecule has 0 bridgehead atoms. The van der Waals surface area contributed by atoms with Gasteiger partial charge in [-0.05, 0) is 37.9 Å². The summed E-state index contributed by atoms with van der Waals surface area (Å²) in [7, 11) is 0. The maximum Gasteiger partial charge on any atom is 0.306 e. The summed E-state index contributed by atoms with van der Waals surface area (Å²) in [6.07, 6.45) is 1.64. The highest BCUT2D eigenvalue weighted by Crippen LogP contribution is 2.19. The van der Waals surface area contributed by atoms with Crippen molar-refractivity contribution in [3.63, 3.8) is 0 Å². The molecule has 0 amide bonds. The smallest absolute Gasteiger partial charge is 0.306 e. The number of carbonyl (C=O) groups excluding carboxylic acids is 1. The average molecular weight is 295 g/mol. The number of aryl methyl sites for hydroxylation is 1. The Kier molecular flexibility index (Phi) is 5.99. The summed E-state index contributed by atoms with van der Waals surface area (Å²) in [5.41, 5.74) is 0.512. The first-order chi connectivity index (χ1) is 10.2. The van der Waals surface area contributed by atoms with Crippen molar-refractivity contribution >= 4 is 5.97 Å². The zero-order chi connectivity index (χ0) is 15.1. The van der Waals surface area contributed by atoms with Gasteiger partial charge in [0.25, 0.3) is 0 Å². The Morgan fingerprint density at radius 1 is 1.48 bits per heavy atom. The van der Waals surface area contributed by atoms with Gasteiger partial charge in [-0.2, -0.15) is 0 Å². The van der Waals surface area contributed by atoms with Gasteiger partial charge in [0.2, 0.25) is 0 Å². The minimum atomic E-state index is -0.332. The summed E-state index contributed by atoms with van der Waals surface area (Å²) in [6.45, 7) is 4.69. The van der Waals surface area contributed by atoms with Gasteiger partial charge in [0, 0.05) is 24.9 Å². The van der Waals surface area contributed by atoms with Crippen LogP contribution in [0.4, 0.5) is 4.39 Å². The second kappa shape index (κ2) is 7.98. The number of rotatable bonds is 7. The summed E-state index contributed by atoms with van der Waals surface area (Å²) >= 11 is 0. The first kappa shape index (κ1) is 15.8. The first-order valence-corrected chi connectivity index (χ1v) is 7.46. The van der Waals surface area contributed by atoms with Crippen LogP contribution in [0, 0.1) is 11.7 Å². The van der Waals surface area contributed by atoms with Crippen LogP contribution < -0.4 is 10.1 Å². The van der Waals surface area contributed by atoms with Gasteiger partial charge in [0.1, 0.15) is 11.6 Å². The van der Waals surface area contributed by atoms with E-state index in [1.54, 1.807) is 19.1 Å². The fraction of sp³-hybridized carbons (Fsp3) is 0.562. The molecule has 0 aliphatic carbocycles. The number of hydrogen-bond donors (Lipinski definition) is 1. The van der Waals surface area contributed by atoms with Gasteiger partial charge in [-0.15, -0.1) is 0 Å². The van der Waals surface area contributed by atoms with E-state index in [9.17, 15) is 9.18 Å². The zero-order valence-corrected chi connectivity index (χ0v) is 12.4. The van der Waals surface area contributed by atoms with Crippen LogP contribution in [-0.4, -0.2) is 32.3 Å². The Bertz CT molecular complexity index is 473. The average Bonchev–Trinajstić information content (AvgIpc) is 2.98. The lowest BCUT2D eigenvalue weighted by molar-refractivity contribution is -0.143. The largest absolute Gasteiger partial charge is 0.493 e. The van der Waals surface area contributed by atoms with Crippen LogP contribution >= 0.6 is 0 Å². The Morgan fingerprint density at radius 3 is 3.00 bits per heavy atom. The Morgan fingerprint density at radius 2 is 2.33 bits per heavy atom. The standard InChI is InChI=1S/C16H22FNO3/c1-2-20-16(19)6-4-13-3-5-14(9-15(13)17)21-11-12-7-8-18-10-12/h3,5,9,12,18H,2,4,6-8,10-11H2,1H3. The number of nitrogens with one attached hydrogen (secondary N) is 1. The highest BCUT2D eigenvalue weighted by molar-refractivity contribution is 5.69. The maximum absolute atomic E-state index is 13.9. The first-order valence-electron chi connectivity index (χ1n) is 7.46. The van der Waals surface area contributed by atoms with Crippen LogP contribution in [0.15, 0.2) is 18.2 Å². The summed E-state index contributed by atoms with van der Waals surface area (Å²) in [5.74, 6) is 0.406. The number of benzene rings is 1. The van der Waals surface area contributed by atoms with E-state index in [1.807, 2.05) is 0 Å². The lowest BCUT2D eigenvalue weighted by Gasteiger charge is -2.12. The number of hydrogen-bond acceptors (Lipinski definition) is 4. The molecule has 1 aliphatic heterocycles. The molecule has 1 aliphatic rings. The molecule has 1 unspecified atom stereocenters. The predicted octanol–water partition coefficient (Wildman–Crippen LogP) is 2.31. The molecule has 0 aromatic heterocycles. The second-order valence-corrected chi connectivity index (χ2v) is 5.23. The molecule has 1 saturated heterocycles.